The van der Waals surface area contributed by atoms with Crippen molar-refractivity contribution in [3.63, 3.8) is 0 Å². The van der Waals surface area contributed by atoms with Crippen molar-refractivity contribution >= 4 is 23.5 Å². The van der Waals surface area contributed by atoms with Crippen LogP contribution >= 0.6 is 23.5 Å². The number of hydrogen-bond acceptors (Lipinski definition) is 5. The lowest BCUT2D eigenvalue weighted by Gasteiger charge is -2.20. The van der Waals surface area contributed by atoms with Crippen molar-refractivity contribution in [2.45, 2.75) is 6.10 Å². The van der Waals surface area contributed by atoms with Crippen LogP contribution in [-0.2, 0) is 0 Å². The third kappa shape index (κ3) is 4.00. The first kappa shape index (κ1) is 10.7. The van der Waals surface area contributed by atoms with Crippen LogP contribution in [0.2, 0.25) is 0 Å². The molecule has 72 valence electrons. The van der Waals surface area contributed by atoms with Crippen molar-refractivity contribution in [2.24, 2.45) is 0 Å². The van der Waals surface area contributed by atoms with Gasteiger partial charge in [-0.2, -0.15) is 0 Å². The molecule has 12 heavy (non-hydrogen) atoms. The van der Waals surface area contributed by atoms with E-state index in [1.807, 2.05) is 23.5 Å². The van der Waals surface area contributed by atoms with Crippen LogP contribution in [0.25, 0.3) is 0 Å². The Hall–Kier alpha value is 0.580. The van der Waals surface area contributed by atoms with Gasteiger partial charge in [0.15, 0.2) is 0 Å². The molecule has 2 N–H and O–H groups in total. The Morgan fingerprint density at radius 3 is 2.33 bits per heavy atom. The van der Waals surface area contributed by atoms with Crippen molar-refractivity contribution in [3.05, 3.63) is 0 Å². The molecule has 1 atom stereocenters. The zero-order chi connectivity index (χ0) is 8.81. The lowest BCUT2D eigenvalue weighted by Crippen LogP contribution is -2.33. The van der Waals surface area contributed by atoms with E-state index in [2.05, 4.69) is 4.90 Å². The Morgan fingerprint density at radius 1 is 1.25 bits per heavy atom. The zero-order valence-corrected chi connectivity index (χ0v) is 8.61. The van der Waals surface area contributed by atoms with E-state index in [9.17, 15) is 5.11 Å². The summed E-state index contributed by atoms with van der Waals surface area (Å²) in [5.74, 6) is 4.33. The highest BCUT2D eigenvalue weighted by Gasteiger charge is 2.12. The fraction of sp³-hybridized carbons (Fsp3) is 1.00. The van der Waals surface area contributed by atoms with Gasteiger partial charge in [-0.1, -0.05) is 0 Å². The van der Waals surface area contributed by atoms with Gasteiger partial charge in [0, 0.05) is 29.8 Å². The van der Waals surface area contributed by atoms with Gasteiger partial charge >= 0.3 is 0 Å². The summed E-state index contributed by atoms with van der Waals surface area (Å²) in [6.45, 7) is 0.461. The summed E-state index contributed by atoms with van der Waals surface area (Å²) in [5, 5.41) is 17.8. The Morgan fingerprint density at radius 2 is 1.83 bits per heavy atom. The monoisotopic (exact) mass is 209 g/mol. The molecule has 0 aromatic carbocycles. The van der Waals surface area contributed by atoms with E-state index in [1.165, 1.54) is 11.5 Å². The van der Waals surface area contributed by atoms with Crippen LogP contribution in [0.4, 0.5) is 0 Å². The Bertz CT molecular complexity index is 118. The molecule has 0 saturated carbocycles. The van der Waals surface area contributed by atoms with Crippen molar-refractivity contribution in [1.29, 1.82) is 0 Å². The van der Waals surface area contributed by atoms with Gasteiger partial charge in [-0.05, 0) is 0 Å². The molecule has 1 aliphatic heterocycles. The molecule has 0 aromatic heterocycles. The van der Waals surface area contributed by atoms with Crippen LogP contribution in [-0.4, -0.2) is 57.6 Å². The topological polar surface area (TPSA) is 43.7 Å². The van der Waals surface area contributed by atoms with E-state index in [0.717, 1.165) is 11.8 Å². The van der Waals surface area contributed by atoms with Gasteiger partial charge in [0.2, 0.25) is 0 Å². The normalized spacial score (nSPS) is 23.5. The minimum absolute atomic E-state index is 0.133. The molecule has 1 fully saturated rings. The first-order valence-corrected chi connectivity index (χ1v) is 6.30. The van der Waals surface area contributed by atoms with Crippen LogP contribution in [0.15, 0.2) is 0 Å². The van der Waals surface area contributed by atoms with Crippen LogP contribution in [0.3, 0.4) is 0 Å². The zero-order valence-electron chi connectivity index (χ0n) is 6.98. The Balaban J connectivity index is 2.20. The number of thioether (sulfide) groups is 2. The molecule has 1 unspecified atom stereocenters. The Kier molecular flexibility index (Phi) is 5.42. The van der Waals surface area contributed by atoms with Crippen molar-refractivity contribution in [2.75, 3.05) is 36.4 Å². The number of β-amino-alcohol motifs (C(OH)–C–C–N with tert-alkyl or cyclic N) is 1. The molecule has 1 saturated heterocycles. The second-order valence-corrected chi connectivity index (χ2v) is 4.91. The van der Waals surface area contributed by atoms with Crippen LogP contribution in [0, 0.1) is 0 Å². The highest BCUT2D eigenvalue weighted by molar-refractivity contribution is 8.03. The molecular formula is C7H15NO2S2. The van der Waals surface area contributed by atoms with Gasteiger partial charge < -0.3 is 10.2 Å². The average molecular weight is 209 g/mol. The van der Waals surface area contributed by atoms with Gasteiger partial charge in [0.25, 0.3) is 0 Å². The predicted octanol–water partition coefficient (Wildman–Crippen LogP) is 0.0366. The summed E-state index contributed by atoms with van der Waals surface area (Å²) >= 11 is 3.78. The molecule has 5 heteroatoms. The van der Waals surface area contributed by atoms with E-state index < -0.39 is 6.10 Å². The second-order valence-electron chi connectivity index (χ2n) is 2.76. The number of aliphatic hydroxyl groups excluding tert-OH is 2. The molecule has 0 spiro atoms. The van der Waals surface area contributed by atoms with Gasteiger partial charge in [0.05, 0.1) is 12.7 Å². The van der Waals surface area contributed by atoms with Gasteiger partial charge in [-0.3, -0.25) is 4.90 Å². The van der Waals surface area contributed by atoms with E-state index in [0.29, 0.717) is 6.54 Å². The molecule has 0 bridgehead atoms. The number of nitrogens with zero attached hydrogens (tertiary/aromatic N) is 1. The van der Waals surface area contributed by atoms with Crippen molar-refractivity contribution in [3.8, 4) is 0 Å². The number of hydrogen-bond donors (Lipinski definition) is 2. The Labute approximate surface area is 81.5 Å². The van der Waals surface area contributed by atoms with Gasteiger partial charge in [0.1, 0.15) is 0 Å². The molecule has 0 amide bonds. The fourth-order valence-electron chi connectivity index (χ4n) is 1.00. The van der Waals surface area contributed by atoms with Gasteiger partial charge in [-0.25, -0.2) is 0 Å². The van der Waals surface area contributed by atoms with E-state index >= 15 is 0 Å². The maximum atomic E-state index is 9.19. The van der Waals surface area contributed by atoms with Crippen LogP contribution < -0.4 is 0 Å². The first-order valence-electron chi connectivity index (χ1n) is 3.99. The molecular weight excluding hydrogens is 194 g/mol. The van der Waals surface area contributed by atoms with E-state index in [1.54, 1.807) is 0 Å². The molecule has 1 heterocycles. The summed E-state index contributed by atoms with van der Waals surface area (Å²) in [7, 11) is 0. The quantitative estimate of drug-likeness (QED) is 0.687. The summed E-state index contributed by atoms with van der Waals surface area (Å²) in [5.41, 5.74) is 0. The molecule has 1 aliphatic rings. The standard InChI is InChI=1S/C7H15NO2S2/c9-4-7(10)3-8-5-11-1-2-12-6-8/h7,9-10H,1-6H2. The SMILES string of the molecule is OCC(O)CN1CSCCSC1. The largest absolute Gasteiger partial charge is 0.394 e. The third-order valence-corrected chi connectivity index (χ3v) is 3.94. The predicted molar refractivity (Wildman–Crippen MR) is 54.4 cm³/mol. The molecule has 3 nitrogen and oxygen atoms in total. The number of aliphatic hydroxyl groups is 2. The average Bonchev–Trinajstić information content (AvgIpc) is 2.33. The minimum atomic E-state index is -0.579. The maximum Gasteiger partial charge on any atom is 0.0898 e. The first-order chi connectivity index (χ1) is 5.83. The van der Waals surface area contributed by atoms with E-state index in [-0.39, 0.29) is 6.61 Å². The molecule has 1 rings (SSSR count). The van der Waals surface area contributed by atoms with E-state index in [4.69, 9.17) is 5.11 Å². The second kappa shape index (κ2) is 6.10. The summed E-state index contributed by atoms with van der Waals surface area (Å²) in [6.07, 6.45) is -0.579. The highest BCUT2D eigenvalue weighted by atomic mass is 32.2. The minimum Gasteiger partial charge on any atom is -0.394 e. The number of rotatable bonds is 3. The lowest BCUT2D eigenvalue weighted by molar-refractivity contribution is 0.0700. The fourth-order valence-corrected chi connectivity index (χ4v) is 3.23. The van der Waals surface area contributed by atoms with Crippen molar-refractivity contribution in [1.82, 2.24) is 4.90 Å². The third-order valence-electron chi connectivity index (χ3n) is 1.60. The lowest BCUT2D eigenvalue weighted by atomic mass is 10.4. The van der Waals surface area contributed by atoms with Crippen LogP contribution in [0.1, 0.15) is 0 Å². The summed E-state index contributed by atoms with van der Waals surface area (Å²) < 4.78 is 0. The molecule has 0 aliphatic carbocycles. The molecule has 0 aromatic rings. The summed E-state index contributed by atoms with van der Waals surface area (Å²) in [4.78, 5) is 2.17. The van der Waals surface area contributed by atoms with Crippen molar-refractivity contribution < 1.29 is 10.2 Å². The van der Waals surface area contributed by atoms with Crippen LogP contribution in [0.5, 0.6) is 0 Å². The molecule has 0 radical (unpaired) electrons. The highest BCUT2D eigenvalue weighted by Crippen LogP contribution is 2.16. The van der Waals surface area contributed by atoms with Gasteiger partial charge in [-0.15, -0.1) is 23.5 Å². The summed E-state index contributed by atoms with van der Waals surface area (Å²) in [6, 6.07) is 0. The maximum absolute atomic E-state index is 9.19. The smallest absolute Gasteiger partial charge is 0.0898 e.